The molecule has 3 heteroatoms. The van der Waals surface area contributed by atoms with Crippen LogP contribution < -0.4 is 0 Å². The van der Waals surface area contributed by atoms with Crippen molar-refractivity contribution < 1.29 is 4.79 Å². The van der Waals surface area contributed by atoms with Crippen LogP contribution in [0.1, 0.15) is 13.8 Å². The van der Waals surface area contributed by atoms with Crippen LogP contribution >= 0.6 is 11.6 Å². The van der Waals surface area contributed by atoms with Crippen LogP contribution in [0.25, 0.3) is 0 Å². The molecule has 1 heterocycles. The van der Waals surface area contributed by atoms with Crippen molar-refractivity contribution in [1.29, 1.82) is 0 Å². The summed E-state index contributed by atoms with van der Waals surface area (Å²) in [5.41, 5.74) is 0. The third-order valence-electron chi connectivity index (χ3n) is 2.46. The maximum Gasteiger partial charge on any atom is 0.237 e. The summed E-state index contributed by atoms with van der Waals surface area (Å²) in [7, 11) is 0. The van der Waals surface area contributed by atoms with Gasteiger partial charge in [-0.15, -0.1) is 11.6 Å². The summed E-state index contributed by atoms with van der Waals surface area (Å²) < 4.78 is 0. The van der Waals surface area contributed by atoms with Crippen LogP contribution in [0.4, 0.5) is 0 Å². The summed E-state index contributed by atoms with van der Waals surface area (Å²) >= 11 is 5.44. The lowest BCUT2D eigenvalue weighted by molar-refractivity contribution is -0.127. The maximum absolute atomic E-state index is 11.1. The second kappa shape index (κ2) is 3.44. The molecular weight excluding hydrogens is 162 g/mol. The Morgan fingerprint density at radius 2 is 1.91 bits per heavy atom. The zero-order valence-electron chi connectivity index (χ0n) is 7.01. The highest BCUT2D eigenvalue weighted by Gasteiger charge is 2.28. The molecule has 64 valence electrons. The summed E-state index contributed by atoms with van der Waals surface area (Å²) in [6.07, 6.45) is 0. The molecule has 0 aromatic heterocycles. The molecule has 0 aromatic carbocycles. The number of halogens is 1. The molecule has 0 spiro atoms. The zero-order chi connectivity index (χ0) is 8.43. The lowest BCUT2D eigenvalue weighted by Crippen LogP contribution is -2.29. The number of carbonyl (C=O) groups is 1. The predicted octanol–water partition coefficient (Wildman–Crippen LogP) is 1.34. The number of hydrogen-bond acceptors (Lipinski definition) is 1. The van der Waals surface area contributed by atoms with E-state index in [9.17, 15) is 4.79 Å². The number of nitrogens with zero attached hydrogens (tertiary/aromatic N) is 1. The molecule has 0 saturated carbocycles. The van der Waals surface area contributed by atoms with E-state index >= 15 is 0 Å². The highest BCUT2D eigenvalue weighted by Crippen LogP contribution is 2.21. The maximum atomic E-state index is 11.1. The van der Waals surface area contributed by atoms with Gasteiger partial charge in [-0.05, 0) is 11.8 Å². The highest BCUT2D eigenvalue weighted by atomic mass is 35.5. The van der Waals surface area contributed by atoms with Gasteiger partial charge in [-0.3, -0.25) is 4.79 Å². The molecule has 1 fully saturated rings. The van der Waals surface area contributed by atoms with Crippen molar-refractivity contribution in [2.45, 2.75) is 13.8 Å². The van der Waals surface area contributed by atoms with Crippen LogP contribution in [0.15, 0.2) is 0 Å². The molecule has 0 aromatic rings. The van der Waals surface area contributed by atoms with E-state index < -0.39 is 0 Å². The van der Waals surface area contributed by atoms with E-state index in [1.54, 1.807) is 0 Å². The Hall–Kier alpha value is -0.240. The number of likely N-dealkylation sites (tertiary alicyclic amines) is 1. The molecule has 1 aliphatic rings. The summed E-state index contributed by atoms with van der Waals surface area (Å²) in [6.45, 7) is 6.11. The number of carbonyl (C=O) groups excluding carboxylic acids is 1. The minimum atomic E-state index is 0.0721. The van der Waals surface area contributed by atoms with E-state index in [1.165, 1.54) is 0 Å². The lowest BCUT2D eigenvalue weighted by Gasteiger charge is -2.13. The number of alkyl halides is 1. The average molecular weight is 176 g/mol. The summed E-state index contributed by atoms with van der Waals surface area (Å²) in [4.78, 5) is 12.9. The Labute approximate surface area is 72.5 Å². The van der Waals surface area contributed by atoms with E-state index in [2.05, 4.69) is 13.8 Å². The first-order valence-electron chi connectivity index (χ1n) is 3.99. The van der Waals surface area contributed by atoms with Gasteiger partial charge in [-0.25, -0.2) is 0 Å². The predicted molar refractivity (Wildman–Crippen MR) is 45.6 cm³/mol. The Bertz CT molecular complexity index is 150. The fourth-order valence-electron chi connectivity index (χ4n) is 1.42. The van der Waals surface area contributed by atoms with Crippen LogP contribution in [-0.4, -0.2) is 29.8 Å². The normalized spacial score (nSPS) is 31.0. The zero-order valence-corrected chi connectivity index (χ0v) is 7.77. The SMILES string of the molecule is CC1CN(C(=O)CCl)CC1C. The van der Waals surface area contributed by atoms with E-state index in [0.29, 0.717) is 11.8 Å². The second-order valence-electron chi connectivity index (χ2n) is 3.39. The van der Waals surface area contributed by atoms with Gasteiger partial charge in [0.15, 0.2) is 0 Å². The molecular formula is C8H14ClNO. The van der Waals surface area contributed by atoms with Crippen molar-refractivity contribution >= 4 is 17.5 Å². The minimum absolute atomic E-state index is 0.0721. The molecule has 0 radical (unpaired) electrons. The Morgan fingerprint density at radius 3 is 2.27 bits per heavy atom. The van der Waals surface area contributed by atoms with Gasteiger partial charge in [0.05, 0.1) is 0 Å². The van der Waals surface area contributed by atoms with Crippen LogP contribution in [0.3, 0.4) is 0 Å². The summed E-state index contributed by atoms with van der Waals surface area (Å²) in [6, 6.07) is 0. The first-order valence-corrected chi connectivity index (χ1v) is 4.52. The van der Waals surface area contributed by atoms with Gasteiger partial charge in [-0.1, -0.05) is 13.8 Å². The molecule has 0 aliphatic carbocycles. The van der Waals surface area contributed by atoms with E-state index in [-0.39, 0.29) is 11.8 Å². The van der Waals surface area contributed by atoms with E-state index in [1.807, 2.05) is 4.90 Å². The van der Waals surface area contributed by atoms with Crippen LogP contribution in [0.2, 0.25) is 0 Å². The second-order valence-corrected chi connectivity index (χ2v) is 3.65. The van der Waals surface area contributed by atoms with Gasteiger partial charge in [-0.2, -0.15) is 0 Å². The van der Waals surface area contributed by atoms with E-state index in [0.717, 1.165) is 13.1 Å². The molecule has 1 rings (SSSR count). The molecule has 2 atom stereocenters. The van der Waals surface area contributed by atoms with Crippen LogP contribution in [0, 0.1) is 11.8 Å². The van der Waals surface area contributed by atoms with Crippen molar-refractivity contribution in [1.82, 2.24) is 4.90 Å². The largest absolute Gasteiger partial charge is 0.341 e. The number of amides is 1. The van der Waals surface area contributed by atoms with Crippen molar-refractivity contribution in [3.63, 3.8) is 0 Å². The highest BCUT2D eigenvalue weighted by molar-refractivity contribution is 6.27. The average Bonchev–Trinajstić information content (AvgIpc) is 2.31. The van der Waals surface area contributed by atoms with Gasteiger partial charge in [0, 0.05) is 13.1 Å². The Morgan fingerprint density at radius 1 is 1.45 bits per heavy atom. The quantitative estimate of drug-likeness (QED) is 0.551. The van der Waals surface area contributed by atoms with Gasteiger partial charge in [0.2, 0.25) is 5.91 Å². The summed E-state index contributed by atoms with van der Waals surface area (Å²) in [5, 5.41) is 0. The van der Waals surface area contributed by atoms with Crippen molar-refractivity contribution in [3.05, 3.63) is 0 Å². The molecule has 1 amide bonds. The molecule has 0 bridgehead atoms. The van der Waals surface area contributed by atoms with Crippen molar-refractivity contribution in [2.24, 2.45) is 11.8 Å². The fourth-order valence-corrected chi connectivity index (χ4v) is 1.59. The molecule has 0 N–H and O–H groups in total. The third kappa shape index (κ3) is 1.86. The summed E-state index contributed by atoms with van der Waals surface area (Å²) in [5.74, 6) is 1.45. The lowest BCUT2D eigenvalue weighted by atomic mass is 10.0. The molecule has 11 heavy (non-hydrogen) atoms. The Kier molecular flexibility index (Phi) is 2.77. The topological polar surface area (TPSA) is 20.3 Å². The monoisotopic (exact) mass is 175 g/mol. The first kappa shape index (κ1) is 8.85. The van der Waals surface area contributed by atoms with E-state index in [4.69, 9.17) is 11.6 Å². The molecule has 2 nitrogen and oxygen atoms in total. The molecule has 1 saturated heterocycles. The van der Waals surface area contributed by atoms with Gasteiger partial charge in [0.25, 0.3) is 0 Å². The van der Waals surface area contributed by atoms with Crippen molar-refractivity contribution in [3.8, 4) is 0 Å². The number of rotatable bonds is 1. The van der Waals surface area contributed by atoms with Crippen LogP contribution in [-0.2, 0) is 4.79 Å². The fraction of sp³-hybridized carbons (Fsp3) is 0.875. The van der Waals surface area contributed by atoms with Gasteiger partial charge >= 0.3 is 0 Å². The van der Waals surface area contributed by atoms with Crippen molar-refractivity contribution in [2.75, 3.05) is 19.0 Å². The van der Waals surface area contributed by atoms with Crippen LogP contribution in [0.5, 0.6) is 0 Å². The number of hydrogen-bond donors (Lipinski definition) is 0. The Balaban J connectivity index is 2.46. The standard InChI is InChI=1S/C8H14ClNO/c1-6-4-10(5-7(6)2)8(11)3-9/h6-7H,3-5H2,1-2H3. The molecule has 2 unspecified atom stereocenters. The third-order valence-corrected chi connectivity index (χ3v) is 2.68. The smallest absolute Gasteiger partial charge is 0.237 e. The van der Waals surface area contributed by atoms with Gasteiger partial charge in [0.1, 0.15) is 5.88 Å². The minimum Gasteiger partial charge on any atom is -0.341 e. The van der Waals surface area contributed by atoms with Gasteiger partial charge < -0.3 is 4.90 Å². The first-order chi connectivity index (χ1) is 5.15. The molecule has 1 aliphatic heterocycles.